The van der Waals surface area contributed by atoms with Crippen molar-refractivity contribution in [2.75, 3.05) is 6.54 Å². The van der Waals surface area contributed by atoms with Crippen molar-refractivity contribution in [1.82, 2.24) is 15.1 Å². The summed E-state index contributed by atoms with van der Waals surface area (Å²) in [5, 5.41) is 23.1. The predicted octanol–water partition coefficient (Wildman–Crippen LogP) is 0.967. The number of hydrogen-bond acceptors (Lipinski definition) is 7. The first-order chi connectivity index (χ1) is 11.1. The Hall–Kier alpha value is -1.62. The van der Waals surface area contributed by atoms with Gasteiger partial charge in [0, 0.05) is 19.0 Å². The maximum Gasteiger partial charge on any atom is 0.688 e. The average Bonchev–Trinajstić information content (AvgIpc) is 3.06. The number of piperidine rings is 1. The summed E-state index contributed by atoms with van der Waals surface area (Å²) in [5.41, 5.74) is 0.717. The lowest BCUT2D eigenvalue weighted by Crippen LogP contribution is -2.44. The first-order valence-electron chi connectivity index (χ1n) is 7.78. The lowest BCUT2D eigenvalue weighted by atomic mass is 9.84. The Balaban J connectivity index is 1.62. The second-order valence-corrected chi connectivity index (χ2v) is 6.45. The molecule has 2 bridgehead atoms. The van der Waals surface area contributed by atoms with Gasteiger partial charge < -0.3 is 14.4 Å². The maximum absolute atomic E-state index is 12.6. The summed E-state index contributed by atoms with van der Waals surface area (Å²) in [6.45, 7) is 2.48. The van der Waals surface area contributed by atoms with Crippen molar-refractivity contribution < 1.29 is 29.2 Å². The van der Waals surface area contributed by atoms with E-state index in [0.29, 0.717) is 6.54 Å². The van der Waals surface area contributed by atoms with Gasteiger partial charge in [0.05, 0.1) is 12.1 Å². The van der Waals surface area contributed by atoms with Gasteiger partial charge in [-0.15, -0.1) is 0 Å². The van der Waals surface area contributed by atoms with Gasteiger partial charge in [-0.05, 0) is 24.7 Å². The molecule has 0 aromatic carbocycles. The molecule has 3 heterocycles. The largest absolute Gasteiger partial charge is 0.688 e. The van der Waals surface area contributed by atoms with Crippen LogP contribution in [0.15, 0.2) is 10.6 Å². The lowest BCUT2D eigenvalue weighted by Gasteiger charge is -2.35. The quantitative estimate of drug-likeness (QED) is 0.472. The van der Waals surface area contributed by atoms with Gasteiger partial charge in [0.1, 0.15) is 11.5 Å². The number of urea groups is 1. The first-order valence-corrected chi connectivity index (χ1v) is 7.78. The molecule has 9 nitrogen and oxygen atoms in total. The van der Waals surface area contributed by atoms with Gasteiger partial charge >= 0.3 is 13.4 Å². The van der Waals surface area contributed by atoms with E-state index in [1.54, 1.807) is 4.90 Å². The van der Waals surface area contributed by atoms with Crippen LogP contribution < -0.4 is 0 Å². The molecule has 124 valence electrons. The molecular weight excluding hydrogens is 305 g/mol. The minimum atomic E-state index is -1.88. The molecule has 2 amide bonds. The third kappa shape index (κ3) is 2.25. The number of aryl methyl sites for hydroxylation is 1. The molecule has 1 aromatic rings. The van der Waals surface area contributed by atoms with Crippen LogP contribution in [-0.4, -0.2) is 51.3 Å². The van der Waals surface area contributed by atoms with Crippen molar-refractivity contribution in [2.24, 2.45) is 5.41 Å². The number of hydrogen-bond donors (Lipinski definition) is 2. The Morgan fingerprint density at radius 2 is 2.35 bits per heavy atom. The molecule has 1 saturated carbocycles. The van der Waals surface area contributed by atoms with Gasteiger partial charge in [0.15, 0.2) is 0 Å². The maximum atomic E-state index is 12.6. The summed E-state index contributed by atoms with van der Waals surface area (Å²) >= 11 is 0. The molecule has 0 radical (unpaired) electrons. The predicted molar refractivity (Wildman–Crippen MR) is 75.4 cm³/mol. The summed E-state index contributed by atoms with van der Waals surface area (Å²) in [6, 6.07) is 1.21. The van der Waals surface area contributed by atoms with E-state index in [-0.39, 0.29) is 23.5 Å². The minimum absolute atomic E-state index is 0.0339. The highest BCUT2D eigenvalue weighted by Gasteiger charge is 2.64. The molecule has 2 N–H and O–H groups in total. The van der Waals surface area contributed by atoms with Crippen LogP contribution in [0, 0.1) is 5.41 Å². The van der Waals surface area contributed by atoms with Crippen LogP contribution in [-0.2, 0) is 16.0 Å². The molecule has 2 atom stereocenters. The molecule has 1 aliphatic carbocycles. The van der Waals surface area contributed by atoms with Crippen LogP contribution in [0.3, 0.4) is 0 Å². The molecule has 2 aliphatic heterocycles. The molecule has 1 spiro atoms. The number of nitrogens with zero attached hydrogens (tertiary/aromatic N) is 3. The third-order valence-corrected chi connectivity index (χ3v) is 5.22. The second kappa shape index (κ2) is 5.20. The van der Waals surface area contributed by atoms with Crippen molar-refractivity contribution >= 4 is 13.4 Å². The third-order valence-electron chi connectivity index (χ3n) is 5.22. The molecule has 1 aromatic heterocycles. The standard InChI is InChI=1S/C13H18BN3O6/c1-2-8-5-9(15-21-8)10-6-13(3-4-13)11-7-16(10)12(18)17(11)22-14(19)23-20/h5,10-11,19-20H,2-4,6-7H2,1H3. The molecule has 4 rings (SSSR count). The zero-order valence-electron chi connectivity index (χ0n) is 12.7. The van der Waals surface area contributed by atoms with E-state index in [4.69, 9.17) is 14.5 Å². The van der Waals surface area contributed by atoms with Gasteiger partial charge in [-0.3, -0.25) is 10.0 Å². The molecule has 3 fully saturated rings. The normalized spacial score (nSPS) is 27.9. The fourth-order valence-corrected chi connectivity index (χ4v) is 3.78. The Morgan fingerprint density at radius 1 is 1.57 bits per heavy atom. The number of fused-ring (bicyclic) bond motifs is 3. The fourth-order valence-electron chi connectivity index (χ4n) is 3.78. The van der Waals surface area contributed by atoms with Crippen molar-refractivity contribution in [3.8, 4) is 0 Å². The van der Waals surface area contributed by atoms with Crippen molar-refractivity contribution in [3.63, 3.8) is 0 Å². The highest BCUT2D eigenvalue weighted by atomic mass is 17.1. The van der Waals surface area contributed by atoms with E-state index in [1.807, 2.05) is 13.0 Å². The van der Waals surface area contributed by atoms with Gasteiger partial charge in [0.25, 0.3) is 0 Å². The summed E-state index contributed by atoms with van der Waals surface area (Å²) in [6.07, 6.45) is 3.51. The fraction of sp³-hybridized carbons (Fsp3) is 0.692. The monoisotopic (exact) mass is 323 g/mol. The van der Waals surface area contributed by atoms with Gasteiger partial charge in [-0.2, -0.15) is 0 Å². The van der Waals surface area contributed by atoms with Gasteiger partial charge in [0.2, 0.25) is 0 Å². The van der Waals surface area contributed by atoms with Crippen LogP contribution in [0.25, 0.3) is 0 Å². The van der Waals surface area contributed by atoms with Crippen LogP contribution in [0.4, 0.5) is 4.79 Å². The topological polar surface area (TPSA) is 109 Å². The van der Waals surface area contributed by atoms with Crippen LogP contribution >= 0.6 is 0 Å². The number of amides is 2. The molecule has 10 heteroatoms. The Bertz CT molecular complexity index is 621. The van der Waals surface area contributed by atoms with Crippen molar-refractivity contribution in [3.05, 3.63) is 17.5 Å². The van der Waals surface area contributed by atoms with Crippen LogP contribution in [0.5, 0.6) is 0 Å². The van der Waals surface area contributed by atoms with Crippen LogP contribution in [0.2, 0.25) is 0 Å². The van der Waals surface area contributed by atoms with E-state index in [0.717, 1.165) is 42.2 Å². The SMILES string of the molecule is CCc1cc(C2CC3(CC3)C3CN2C(=O)N3OB(O)OO)no1. The molecule has 2 unspecified atom stereocenters. The van der Waals surface area contributed by atoms with Crippen molar-refractivity contribution in [2.45, 2.75) is 44.7 Å². The highest BCUT2D eigenvalue weighted by Crippen LogP contribution is 2.61. The number of aromatic nitrogens is 1. The Morgan fingerprint density at radius 3 is 2.96 bits per heavy atom. The smallest absolute Gasteiger partial charge is 0.399 e. The molecule has 3 aliphatic rings. The lowest BCUT2D eigenvalue weighted by molar-refractivity contribution is -0.206. The summed E-state index contributed by atoms with van der Waals surface area (Å²) in [4.78, 5) is 18.0. The van der Waals surface area contributed by atoms with E-state index >= 15 is 0 Å². The van der Waals surface area contributed by atoms with Crippen LogP contribution in [0.1, 0.15) is 43.7 Å². The Kier molecular flexibility index (Phi) is 3.38. The zero-order chi connectivity index (χ0) is 16.2. The molecular formula is C13H18BN3O6. The van der Waals surface area contributed by atoms with Gasteiger partial charge in [-0.1, -0.05) is 12.1 Å². The second-order valence-electron chi connectivity index (χ2n) is 6.45. The molecule has 2 saturated heterocycles. The van der Waals surface area contributed by atoms with E-state index in [1.165, 1.54) is 0 Å². The number of hydroxylamine groups is 2. The number of carbonyl (C=O) groups excluding carboxylic acids is 1. The summed E-state index contributed by atoms with van der Waals surface area (Å²) < 4.78 is 10.3. The first kappa shape index (κ1) is 14.9. The average molecular weight is 323 g/mol. The molecule has 23 heavy (non-hydrogen) atoms. The summed E-state index contributed by atoms with van der Waals surface area (Å²) in [5.74, 6) is 0.788. The Labute approximate surface area is 132 Å². The van der Waals surface area contributed by atoms with E-state index in [9.17, 15) is 9.82 Å². The van der Waals surface area contributed by atoms with Crippen molar-refractivity contribution in [1.29, 1.82) is 0 Å². The zero-order valence-corrected chi connectivity index (χ0v) is 12.7. The minimum Gasteiger partial charge on any atom is -0.399 e. The highest BCUT2D eigenvalue weighted by molar-refractivity contribution is 6.34. The number of carbonyl (C=O) groups is 1. The van der Waals surface area contributed by atoms with E-state index < -0.39 is 7.32 Å². The van der Waals surface area contributed by atoms with Gasteiger partial charge in [-0.25, -0.2) is 14.7 Å². The summed E-state index contributed by atoms with van der Waals surface area (Å²) in [7, 11) is -1.88. The van der Waals surface area contributed by atoms with E-state index in [2.05, 4.69) is 9.96 Å². The number of rotatable bonds is 5.